The van der Waals surface area contributed by atoms with Crippen LogP contribution < -0.4 is 4.31 Å². The smallest absolute Gasteiger partial charge is 0.273 e. The van der Waals surface area contributed by atoms with Crippen molar-refractivity contribution in [3.63, 3.8) is 0 Å². The number of hydrogen-bond donors (Lipinski definition) is 2. The molecule has 0 fully saturated rings. The minimum Gasteiger partial charge on any atom is -0.391 e. The van der Waals surface area contributed by atoms with Crippen LogP contribution >= 0.6 is 22.7 Å². The maximum Gasteiger partial charge on any atom is 0.273 e. The number of hydrogen-bond acceptors (Lipinski definition) is 7. The zero-order valence-corrected chi connectivity index (χ0v) is 18.7. The minimum absolute atomic E-state index is 0.0621. The molecule has 4 rings (SSSR count). The molecule has 1 aromatic carbocycles. The van der Waals surface area contributed by atoms with E-state index < -0.39 is 10.0 Å². The van der Waals surface area contributed by atoms with Crippen molar-refractivity contribution in [2.24, 2.45) is 0 Å². The lowest BCUT2D eigenvalue weighted by Crippen LogP contribution is -2.34. The van der Waals surface area contributed by atoms with Crippen molar-refractivity contribution in [3.05, 3.63) is 52.9 Å². The van der Waals surface area contributed by atoms with E-state index >= 15 is 0 Å². The van der Waals surface area contributed by atoms with Gasteiger partial charge in [0.05, 0.1) is 41.5 Å². The third-order valence-electron chi connectivity index (χ3n) is 4.52. The largest absolute Gasteiger partial charge is 0.391 e. The maximum absolute atomic E-state index is 13.4. The van der Waals surface area contributed by atoms with Gasteiger partial charge in [0.15, 0.2) is 0 Å². The molecule has 2 N–H and O–H groups in total. The summed E-state index contributed by atoms with van der Waals surface area (Å²) in [4.78, 5) is 8.45. The number of rotatable bonds is 9. The fourth-order valence-electron chi connectivity index (χ4n) is 3.15. The van der Waals surface area contributed by atoms with Gasteiger partial charge in [-0.3, -0.25) is 4.31 Å². The van der Waals surface area contributed by atoms with Gasteiger partial charge in [-0.2, -0.15) is 0 Å². The molecule has 10 heteroatoms. The Bertz CT molecular complexity index is 1230. The summed E-state index contributed by atoms with van der Waals surface area (Å²) in [5.41, 5.74) is 2.05. The molecule has 30 heavy (non-hydrogen) atoms. The van der Waals surface area contributed by atoms with E-state index in [-0.39, 0.29) is 24.0 Å². The highest BCUT2D eigenvalue weighted by Crippen LogP contribution is 2.35. The van der Waals surface area contributed by atoms with Crippen molar-refractivity contribution in [2.75, 3.05) is 24.1 Å². The van der Waals surface area contributed by atoms with Crippen molar-refractivity contribution in [3.8, 4) is 10.7 Å². The van der Waals surface area contributed by atoms with E-state index in [4.69, 9.17) is 4.74 Å². The molecule has 0 saturated carbocycles. The van der Waals surface area contributed by atoms with Crippen LogP contribution in [0.5, 0.6) is 0 Å². The number of aromatic amines is 1. The van der Waals surface area contributed by atoms with Gasteiger partial charge in [0.1, 0.15) is 9.22 Å². The SMILES string of the molecule is CCOCCN(c1cccc2cc(-c3ncc(CO)s3)[nH]c12)S(=O)(=O)c1cccs1. The molecule has 0 aliphatic rings. The summed E-state index contributed by atoms with van der Waals surface area (Å²) in [6, 6.07) is 10.8. The Morgan fingerprint density at radius 2 is 2.13 bits per heavy atom. The molecule has 0 bridgehead atoms. The summed E-state index contributed by atoms with van der Waals surface area (Å²) in [6.07, 6.45) is 1.64. The van der Waals surface area contributed by atoms with Crippen molar-refractivity contribution in [1.29, 1.82) is 0 Å². The van der Waals surface area contributed by atoms with Crippen LogP contribution in [0.4, 0.5) is 5.69 Å². The first kappa shape index (κ1) is 21.0. The number of H-pyrrole nitrogens is 1. The van der Waals surface area contributed by atoms with Crippen molar-refractivity contribution >= 4 is 49.3 Å². The zero-order chi connectivity index (χ0) is 21.1. The van der Waals surface area contributed by atoms with Crippen LogP contribution in [-0.4, -0.2) is 43.3 Å². The molecular formula is C20H21N3O4S3. The monoisotopic (exact) mass is 463 g/mol. The first-order chi connectivity index (χ1) is 14.5. The predicted molar refractivity (Wildman–Crippen MR) is 121 cm³/mol. The molecule has 158 valence electrons. The number of anilines is 1. The number of ether oxygens (including phenoxy) is 1. The van der Waals surface area contributed by atoms with E-state index in [1.165, 1.54) is 27.0 Å². The van der Waals surface area contributed by atoms with E-state index in [1.54, 1.807) is 29.8 Å². The van der Waals surface area contributed by atoms with Crippen LogP contribution in [0.15, 0.2) is 52.2 Å². The summed E-state index contributed by atoms with van der Waals surface area (Å²) >= 11 is 2.59. The van der Waals surface area contributed by atoms with Gasteiger partial charge in [-0.1, -0.05) is 18.2 Å². The number of para-hydroxylation sites is 1. The standard InChI is InChI=1S/C20H21N3O4S3/c1-2-27-9-8-23(30(25,26)18-7-4-10-28-18)17-6-3-5-14-11-16(22-19(14)17)20-21-12-15(13-24)29-20/h3-7,10-12,22,24H,2,8-9,13H2,1H3. The van der Waals surface area contributed by atoms with Gasteiger partial charge in [0.25, 0.3) is 10.0 Å². The highest BCUT2D eigenvalue weighted by atomic mass is 32.2. The van der Waals surface area contributed by atoms with Crippen LogP contribution in [0.25, 0.3) is 21.6 Å². The van der Waals surface area contributed by atoms with Crippen molar-refractivity contribution in [2.45, 2.75) is 17.7 Å². The molecule has 0 radical (unpaired) electrons. The van der Waals surface area contributed by atoms with Crippen LogP contribution in [0.3, 0.4) is 0 Å². The Morgan fingerprint density at radius 3 is 2.83 bits per heavy atom. The Labute approximate surface area is 182 Å². The number of aromatic nitrogens is 2. The van der Waals surface area contributed by atoms with Crippen LogP contribution in [0.2, 0.25) is 0 Å². The number of fused-ring (bicyclic) bond motifs is 1. The molecule has 0 unspecified atom stereocenters. The average molecular weight is 464 g/mol. The maximum atomic E-state index is 13.4. The van der Waals surface area contributed by atoms with Crippen molar-refractivity contribution in [1.82, 2.24) is 9.97 Å². The summed E-state index contributed by atoms with van der Waals surface area (Å²) in [5.74, 6) is 0. The van der Waals surface area contributed by atoms with Crippen LogP contribution in [0.1, 0.15) is 11.8 Å². The molecule has 0 aliphatic heterocycles. The first-order valence-corrected chi connectivity index (χ1v) is 12.5. The van der Waals surface area contributed by atoms with Gasteiger partial charge in [-0.15, -0.1) is 22.7 Å². The summed E-state index contributed by atoms with van der Waals surface area (Å²) < 4.78 is 33.9. The zero-order valence-electron chi connectivity index (χ0n) is 16.2. The summed E-state index contributed by atoms with van der Waals surface area (Å²) in [6.45, 7) is 2.82. The van der Waals surface area contributed by atoms with Gasteiger partial charge >= 0.3 is 0 Å². The fourth-order valence-corrected chi connectivity index (χ4v) is 6.46. The summed E-state index contributed by atoms with van der Waals surface area (Å²) in [7, 11) is -3.73. The number of aliphatic hydroxyl groups excluding tert-OH is 1. The van der Waals surface area contributed by atoms with Gasteiger partial charge in [-0.05, 0) is 30.5 Å². The minimum atomic E-state index is -3.73. The molecule has 3 heterocycles. The number of nitrogens with zero attached hydrogens (tertiary/aromatic N) is 2. The topological polar surface area (TPSA) is 95.5 Å². The van der Waals surface area contributed by atoms with Gasteiger partial charge in [-0.25, -0.2) is 13.4 Å². The Morgan fingerprint density at radius 1 is 1.27 bits per heavy atom. The van der Waals surface area contributed by atoms with E-state index in [0.29, 0.717) is 17.8 Å². The van der Waals surface area contributed by atoms with E-state index in [1.807, 2.05) is 25.1 Å². The van der Waals surface area contributed by atoms with E-state index in [0.717, 1.165) is 21.0 Å². The van der Waals surface area contributed by atoms with Gasteiger partial charge in [0.2, 0.25) is 0 Å². The Hall–Kier alpha value is -2.24. The highest BCUT2D eigenvalue weighted by Gasteiger charge is 2.27. The second kappa shape index (κ2) is 8.86. The number of benzene rings is 1. The van der Waals surface area contributed by atoms with Crippen LogP contribution in [0, 0.1) is 0 Å². The van der Waals surface area contributed by atoms with E-state index in [9.17, 15) is 13.5 Å². The Kier molecular flexibility index (Phi) is 6.21. The lowest BCUT2D eigenvalue weighted by molar-refractivity contribution is 0.156. The number of sulfonamides is 1. The second-order valence-corrected chi connectivity index (χ2v) is 10.6. The normalized spacial score (nSPS) is 11.9. The highest BCUT2D eigenvalue weighted by molar-refractivity contribution is 7.94. The molecule has 7 nitrogen and oxygen atoms in total. The average Bonchev–Trinajstić information content (AvgIpc) is 3.50. The number of aliphatic hydroxyl groups is 1. The lowest BCUT2D eigenvalue weighted by Gasteiger charge is -2.24. The van der Waals surface area contributed by atoms with E-state index in [2.05, 4.69) is 9.97 Å². The Balaban J connectivity index is 1.80. The second-order valence-electron chi connectivity index (χ2n) is 6.42. The number of thiophene rings is 1. The molecule has 0 amide bonds. The molecule has 0 spiro atoms. The molecule has 0 saturated heterocycles. The fraction of sp³-hybridized carbons (Fsp3) is 0.250. The molecule has 0 atom stereocenters. The molecular weight excluding hydrogens is 442 g/mol. The third kappa shape index (κ3) is 4.01. The quantitative estimate of drug-likeness (QED) is 0.365. The van der Waals surface area contributed by atoms with Gasteiger partial charge < -0.3 is 14.8 Å². The predicted octanol–water partition coefficient (Wildman–Crippen LogP) is 4.08. The number of nitrogens with one attached hydrogen (secondary N) is 1. The third-order valence-corrected chi connectivity index (χ3v) is 8.73. The number of thiazole rings is 1. The van der Waals surface area contributed by atoms with Crippen LogP contribution in [-0.2, 0) is 21.4 Å². The molecule has 3 aromatic heterocycles. The first-order valence-electron chi connectivity index (χ1n) is 9.36. The molecule has 4 aromatic rings. The summed E-state index contributed by atoms with van der Waals surface area (Å²) in [5, 5.41) is 12.7. The lowest BCUT2D eigenvalue weighted by atomic mass is 10.2. The molecule has 0 aliphatic carbocycles. The van der Waals surface area contributed by atoms with Crippen molar-refractivity contribution < 1.29 is 18.3 Å². The van der Waals surface area contributed by atoms with Gasteiger partial charge in [0, 0.05) is 18.2 Å².